The second-order valence-corrected chi connectivity index (χ2v) is 12.7. The summed E-state index contributed by atoms with van der Waals surface area (Å²) in [6.07, 6.45) is 8.37. The van der Waals surface area contributed by atoms with Gasteiger partial charge in [-0.2, -0.15) is 0 Å². The van der Waals surface area contributed by atoms with E-state index in [1.807, 2.05) is 97.7 Å². The molecule has 0 heterocycles. The minimum absolute atomic E-state index is 0. The standard InChI is InChI=1S/2C16H18NO3.C13H18NO3.3W/c1-17-13(10-18)7-12-8-14-11(9-16(12)20-3)5-4-6-15(14)19-2;1-17-12(10-18)8-11-9-15(19-2)13-6-4-5-7-14(13)16(11)20-3;1-14-11(9-15)5-4-10-8-12(16-2)6-7-13(10)17-3;;;/h4-6,8-9,13,17H,7H2,1-3H3;4-7,9,12,17H,8H2,1-3H3;6-8,11,14H,4-5H2,1-3H3;;;/q3*-1;;;. The Kier molecular flexibility index (Phi) is 28.6. The predicted molar refractivity (Wildman–Crippen MR) is 225 cm³/mol. The van der Waals surface area contributed by atoms with Gasteiger partial charge in [0.2, 0.25) is 0 Å². The van der Waals surface area contributed by atoms with E-state index in [0.717, 1.165) is 79.2 Å². The summed E-state index contributed by atoms with van der Waals surface area (Å²) in [5.41, 5.74) is 2.90. The maximum absolute atomic E-state index is 10.9. The summed E-state index contributed by atoms with van der Waals surface area (Å²) < 4.78 is 32.2. The third kappa shape index (κ3) is 15.7. The van der Waals surface area contributed by atoms with E-state index in [1.165, 1.54) is 0 Å². The molecule has 5 rings (SSSR count). The van der Waals surface area contributed by atoms with Crippen molar-refractivity contribution in [2.24, 2.45) is 0 Å². The molecule has 0 aliphatic rings. The molecular weight excluding hydrogens is 1280 g/mol. The van der Waals surface area contributed by atoms with E-state index in [4.69, 9.17) is 28.4 Å². The van der Waals surface area contributed by atoms with Gasteiger partial charge in [0.15, 0.2) is 0 Å². The first-order chi connectivity index (χ1) is 27.7. The molecule has 0 amide bonds. The number of rotatable bonds is 19. The Balaban J connectivity index is 0.000000853. The first-order valence-electron chi connectivity index (χ1n) is 18.3. The molecule has 3 unspecified atom stereocenters. The van der Waals surface area contributed by atoms with Crippen LogP contribution in [0.5, 0.6) is 34.5 Å². The fourth-order valence-electron chi connectivity index (χ4n) is 6.26. The number of methoxy groups -OCH3 is 6. The summed E-state index contributed by atoms with van der Waals surface area (Å²) in [4.78, 5) is 32.4. The summed E-state index contributed by atoms with van der Waals surface area (Å²) in [6.45, 7) is 0. The number of fused-ring (bicyclic) bond motifs is 2. The van der Waals surface area contributed by atoms with Crippen LogP contribution in [0, 0.1) is 0 Å². The summed E-state index contributed by atoms with van der Waals surface area (Å²) in [7, 11) is 15.0. The molecule has 0 aliphatic heterocycles. The van der Waals surface area contributed by atoms with E-state index in [0.29, 0.717) is 19.3 Å². The van der Waals surface area contributed by atoms with Crippen LogP contribution in [0.4, 0.5) is 0 Å². The van der Waals surface area contributed by atoms with E-state index >= 15 is 0 Å². The van der Waals surface area contributed by atoms with Crippen LogP contribution in [0.2, 0.25) is 0 Å². The number of carbonyl (C=O) groups excluding carboxylic acids is 3. The molecule has 0 saturated carbocycles. The Morgan fingerprint density at radius 2 is 1.05 bits per heavy atom. The number of hydrogen-bond acceptors (Lipinski definition) is 12. The predicted octanol–water partition coefficient (Wildman–Crippen LogP) is 5.52. The zero-order chi connectivity index (χ0) is 41.7. The third-order valence-electron chi connectivity index (χ3n) is 9.43. The molecule has 0 radical (unpaired) electrons. The Hall–Kier alpha value is -3.63. The Morgan fingerprint density at radius 3 is 1.57 bits per heavy atom. The molecule has 3 N–H and O–H groups in total. The van der Waals surface area contributed by atoms with E-state index in [9.17, 15) is 14.4 Å². The molecule has 0 spiro atoms. The van der Waals surface area contributed by atoms with Crippen molar-refractivity contribution in [2.45, 2.75) is 43.8 Å². The SMILES string of the molecule is CNC([C-]=O)CCc1cc(OC)ccc1OC.CNC([C-]=O)Cc1cc(OC)c2ccccc2c1OC.CNC([C-]=O)Cc1cc2c(OC)cccc2cc1OC.[W].[W].[W]. The Bertz CT molecular complexity index is 2050. The van der Waals surface area contributed by atoms with Gasteiger partial charge in [0.05, 0.1) is 42.7 Å². The molecule has 0 aromatic heterocycles. The molecule has 5 aromatic carbocycles. The van der Waals surface area contributed by atoms with Gasteiger partial charge in [0.1, 0.15) is 34.5 Å². The van der Waals surface area contributed by atoms with Crippen LogP contribution in [0.1, 0.15) is 23.1 Å². The van der Waals surface area contributed by atoms with Crippen LogP contribution in [0.3, 0.4) is 0 Å². The molecule has 0 bridgehead atoms. The van der Waals surface area contributed by atoms with Gasteiger partial charge in [-0.3, -0.25) is 0 Å². The number of aryl methyl sites for hydroxylation is 1. The average Bonchev–Trinajstić information content (AvgIpc) is 3.26. The molecule has 3 atom stereocenters. The third-order valence-corrected chi connectivity index (χ3v) is 9.43. The summed E-state index contributed by atoms with van der Waals surface area (Å²) >= 11 is 0. The maximum Gasteiger partial charge on any atom is 0.130 e. The van der Waals surface area contributed by atoms with Crippen molar-refractivity contribution >= 4 is 40.4 Å². The van der Waals surface area contributed by atoms with Crippen LogP contribution in [0.25, 0.3) is 21.5 Å². The summed E-state index contributed by atoms with van der Waals surface area (Å²) in [5, 5.41) is 12.7. The fourth-order valence-corrected chi connectivity index (χ4v) is 6.26. The first kappa shape index (κ1) is 56.4. The number of ether oxygens (including phenoxy) is 6. The topological polar surface area (TPSA) is 143 Å². The fraction of sp³-hybridized carbons (Fsp3) is 0.356. The molecule has 5 aromatic rings. The van der Waals surface area contributed by atoms with Crippen LogP contribution in [-0.2, 0) is 96.8 Å². The number of nitrogens with one attached hydrogen (secondary N) is 3. The number of likely N-dealkylation sites (N-methyl/N-ethyl adjacent to an activating group) is 3. The molecular formula is C45H54N3O9W3-3. The zero-order valence-electron chi connectivity index (χ0n) is 35.5. The largest absolute Gasteiger partial charge is 0.540 e. The van der Waals surface area contributed by atoms with Crippen LogP contribution < -0.4 is 44.4 Å². The molecule has 0 aliphatic carbocycles. The van der Waals surface area contributed by atoms with Crippen molar-refractivity contribution in [1.29, 1.82) is 0 Å². The van der Waals surface area contributed by atoms with E-state index < -0.39 is 0 Å². The van der Waals surface area contributed by atoms with Crippen LogP contribution >= 0.6 is 0 Å². The summed E-state index contributed by atoms with van der Waals surface area (Å²) in [5.74, 6) is 4.72. The Labute approximate surface area is 397 Å². The number of benzene rings is 5. The van der Waals surface area contributed by atoms with Crippen molar-refractivity contribution < 1.29 is 106 Å². The molecule has 0 saturated heterocycles. The van der Waals surface area contributed by atoms with E-state index in [1.54, 1.807) is 63.8 Å². The van der Waals surface area contributed by atoms with Crippen molar-refractivity contribution in [3.05, 3.63) is 95.6 Å². The average molecular weight is 1330 g/mol. The zero-order valence-corrected chi connectivity index (χ0v) is 44.3. The van der Waals surface area contributed by atoms with Gasteiger partial charge >= 0.3 is 0 Å². The summed E-state index contributed by atoms with van der Waals surface area (Å²) in [6, 6.07) is 24.3. The van der Waals surface area contributed by atoms with Gasteiger partial charge < -0.3 is 58.8 Å². The van der Waals surface area contributed by atoms with Crippen molar-refractivity contribution in [3.8, 4) is 34.5 Å². The number of hydrogen-bond donors (Lipinski definition) is 3. The van der Waals surface area contributed by atoms with E-state index in [-0.39, 0.29) is 81.3 Å². The molecule has 15 heteroatoms. The van der Waals surface area contributed by atoms with Gasteiger partial charge in [-0.05, 0) is 105 Å². The van der Waals surface area contributed by atoms with Gasteiger partial charge in [-0.25, -0.2) is 18.9 Å². The molecule has 324 valence electrons. The van der Waals surface area contributed by atoms with Crippen molar-refractivity contribution in [2.75, 3.05) is 63.8 Å². The molecule has 12 nitrogen and oxygen atoms in total. The van der Waals surface area contributed by atoms with Gasteiger partial charge in [-0.15, -0.1) is 0 Å². The van der Waals surface area contributed by atoms with Gasteiger partial charge in [-0.1, -0.05) is 60.9 Å². The monoisotopic (exact) mass is 1330 g/mol. The van der Waals surface area contributed by atoms with Crippen LogP contribution in [-0.4, -0.2) is 101 Å². The second-order valence-electron chi connectivity index (χ2n) is 12.7. The van der Waals surface area contributed by atoms with Gasteiger partial charge in [0.25, 0.3) is 0 Å². The maximum atomic E-state index is 10.9. The normalized spacial score (nSPS) is 11.5. The van der Waals surface area contributed by atoms with Gasteiger partial charge in [0, 0.05) is 79.4 Å². The Morgan fingerprint density at radius 1 is 0.483 bits per heavy atom. The molecule has 60 heavy (non-hydrogen) atoms. The van der Waals surface area contributed by atoms with Crippen molar-refractivity contribution in [1.82, 2.24) is 16.0 Å². The smallest absolute Gasteiger partial charge is 0.130 e. The first-order valence-corrected chi connectivity index (χ1v) is 18.3. The van der Waals surface area contributed by atoms with Crippen LogP contribution in [0.15, 0.2) is 78.9 Å². The molecule has 0 fully saturated rings. The minimum atomic E-state index is -0.366. The second kappa shape index (κ2) is 30.4. The minimum Gasteiger partial charge on any atom is -0.540 e. The van der Waals surface area contributed by atoms with E-state index in [2.05, 4.69) is 16.0 Å². The quantitative estimate of drug-likeness (QED) is 0.0898. The van der Waals surface area contributed by atoms with Crippen molar-refractivity contribution in [3.63, 3.8) is 0 Å².